The standard InChI is InChI=1S/C27H25F6N3O2/c1-25(2,3)38-24(37)36-14-12-18(13-15-36)23-34-21(16-4-8-19(9-5-16)26(28,29)30)22(35-23)17-6-10-20(11-7-17)27(31,32)33/h4-12H,13-15H2,1-3H3,(H,34,35). The van der Waals surface area contributed by atoms with Crippen molar-refractivity contribution in [1.29, 1.82) is 0 Å². The lowest BCUT2D eigenvalue weighted by atomic mass is 10.0. The smallest absolute Gasteiger partial charge is 0.416 e. The van der Waals surface area contributed by atoms with Crippen LogP contribution in [0.5, 0.6) is 0 Å². The highest BCUT2D eigenvalue weighted by Crippen LogP contribution is 2.37. The summed E-state index contributed by atoms with van der Waals surface area (Å²) in [6.07, 6.45) is -7.27. The Bertz CT molecular complexity index is 1260. The number of carbonyl (C=O) groups is 1. The predicted octanol–water partition coefficient (Wildman–Crippen LogP) is 7.81. The quantitative estimate of drug-likeness (QED) is 0.347. The third-order valence-corrected chi connectivity index (χ3v) is 5.86. The van der Waals surface area contributed by atoms with E-state index in [2.05, 4.69) is 9.97 Å². The van der Waals surface area contributed by atoms with Gasteiger partial charge in [-0.1, -0.05) is 30.3 Å². The maximum atomic E-state index is 13.1. The summed E-state index contributed by atoms with van der Waals surface area (Å²) in [6.45, 7) is 5.92. The van der Waals surface area contributed by atoms with Gasteiger partial charge in [0.05, 0.1) is 22.5 Å². The molecule has 4 rings (SSSR count). The largest absolute Gasteiger partial charge is 0.444 e. The van der Waals surface area contributed by atoms with E-state index in [0.29, 0.717) is 41.3 Å². The summed E-state index contributed by atoms with van der Waals surface area (Å²) in [5.41, 5.74) is -0.126. The summed E-state index contributed by atoms with van der Waals surface area (Å²) in [5, 5.41) is 0. The van der Waals surface area contributed by atoms with Crippen molar-refractivity contribution in [1.82, 2.24) is 14.9 Å². The molecule has 1 N–H and O–H groups in total. The van der Waals surface area contributed by atoms with E-state index in [1.807, 2.05) is 0 Å². The molecule has 5 nitrogen and oxygen atoms in total. The molecule has 1 aliphatic rings. The van der Waals surface area contributed by atoms with Gasteiger partial charge in [0, 0.05) is 24.2 Å². The number of nitrogens with one attached hydrogen (secondary N) is 1. The number of amides is 1. The average molecular weight is 538 g/mol. The van der Waals surface area contributed by atoms with Crippen LogP contribution in [0.1, 0.15) is 44.1 Å². The van der Waals surface area contributed by atoms with Gasteiger partial charge in [0.25, 0.3) is 0 Å². The molecule has 1 amide bonds. The molecule has 1 aliphatic heterocycles. The fraction of sp³-hybridized carbons (Fsp3) is 0.333. The number of alkyl halides is 6. The molecule has 0 aliphatic carbocycles. The van der Waals surface area contributed by atoms with E-state index in [4.69, 9.17) is 4.74 Å². The Balaban J connectivity index is 1.69. The summed E-state index contributed by atoms with van der Waals surface area (Å²) in [4.78, 5) is 21.6. The minimum atomic E-state index is -4.52. The minimum Gasteiger partial charge on any atom is -0.444 e. The van der Waals surface area contributed by atoms with Gasteiger partial charge < -0.3 is 14.6 Å². The first-order chi connectivity index (χ1) is 17.6. The van der Waals surface area contributed by atoms with Gasteiger partial charge in [0.1, 0.15) is 11.4 Å². The summed E-state index contributed by atoms with van der Waals surface area (Å²) in [6, 6.07) is 8.85. The number of rotatable bonds is 3. The molecule has 1 aromatic heterocycles. The minimum absolute atomic E-state index is 0.260. The fourth-order valence-electron chi connectivity index (χ4n) is 3.96. The molecule has 0 atom stereocenters. The van der Waals surface area contributed by atoms with Crippen LogP contribution < -0.4 is 0 Å². The van der Waals surface area contributed by atoms with E-state index in [-0.39, 0.29) is 6.54 Å². The number of hydrogen-bond donors (Lipinski definition) is 1. The lowest BCUT2D eigenvalue weighted by Gasteiger charge is -2.29. The van der Waals surface area contributed by atoms with Gasteiger partial charge in [-0.2, -0.15) is 26.3 Å². The SMILES string of the molecule is CC(C)(C)OC(=O)N1CC=C(c2nc(-c3ccc(C(F)(F)F)cc3)c(-c3ccc(C(F)(F)F)cc3)[nH]2)CC1. The van der Waals surface area contributed by atoms with E-state index < -0.39 is 35.2 Å². The Kier molecular flexibility index (Phi) is 7.07. The Labute approximate surface area is 215 Å². The highest BCUT2D eigenvalue weighted by molar-refractivity contribution is 5.81. The van der Waals surface area contributed by atoms with Gasteiger partial charge in [0.15, 0.2) is 0 Å². The van der Waals surface area contributed by atoms with Gasteiger partial charge in [-0.15, -0.1) is 0 Å². The molecular weight excluding hydrogens is 512 g/mol. The van der Waals surface area contributed by atoms with Crippen molar-refractivity contribution in [3.05, 3.63) is 71.6 Å². The number of nitrogens with zero attached hydrogens (tertiary/aromatic N) is 2. The summed E-state index contributed by atoms with van der Waals surface area (Å²) < 4.78 is 83.8. The van der Waals surface area contributed by atoms with Crippen LogP contribution in [-0.2, 0) is 17.1 Å². The molecule has 0 fully saturated rings. The molecule has 38 heavy (non-hydrogen) atoms. The van der Waals surface area contributed by atoms with Crippen LogP contribution in [0.4, 0.5) is 31.1 Å². The number of H-pyrrole nitrogens is 1. The van der Waals surface area contributed by atoms with Gasteiger partial charge in [-0.05, 0) is 57.0 Å². The van der Waals surface area contributed by atoms with Gasteiger partial charge in [-0.25, -0.2) is 9.78 Å². The lowest BCUT2D eigenvalue weighted by molar-refractivity contribution is -0.138. The van der Waals surface area contributed by atoms with Crippen LogP contribution in [0.3, 0.4) is 0 Å². The van der Waals surface area contributed by atoms with Crippen LogP contribution in [0.2, 0.25) is 0 Å². The zero-order valence-electron chi connectivity index (χ0n) is 20.8. The number of halogens is 6. The van der Waals surface area contributed by atoms with Gasteiger partial charge in [-0.3, -0.25) is 0 Å². The number of aromatic nitrogens is 2. The first-order valence-corrected chi connectivity index (χ1v) is 11.7. The van der Waals surface area contributed by atoms with E-state index in [1.165, 1.54) is 29.2 Å². The second-order valence-electron chi connectivity index (χ2n) is 9.86. The third kappa shape index (κ3) is 6.20. The molecule has 0 spiro atoms. The second-order valence-corrected chi connectivity index (χ2v) is 9.86. The van der Waals surface area contributed by atoms with E-state index in [0.717, 1.165) is 29.8 Å². The Morgan fingerprint density at radius 2 is 1.39 bits per heavy atom. The molecule has 0 saturated carbocycles. The maximum absolute atomic E-state index is 13.1. The highest BCUT2D eigenvalue weighted by atomic mass is 19.4. The predicted molar refractivity (Wildman–Crippen MR) is 130 cm³/mol. The first kappa shape index (κ1) is 27.3. The molecule has 11 heteroatoms. The van der Waals surface area contributed by atoms with Crippen molar-refractivity contribution in [2.45, 2.75) is 45.1 Å². The zero-order chi connectivity index (χ0) is 27.9. The maximum Gasteiger partial charge on any atom is 0.416 e. The summed E-state index contributed by atoms with van der Waals surface area (Å²) in [7, 11) is 0. The molecule has 3 aromatic rings. The zero-order valence-corrected chi connectivity index (χ0v) is 20.8. The monoisotopic (exact) mass is 537 g/mol. The van der Waals surface area contributed by atoms with Crippen molar-refractivity contribution in [2.24, 2.45) is 0 Å². The fourth-order valence-corrected chi connectivity index (χ4v) is 3.96. The first-order valence-electron chi connectivity index (χ1n) is 11.7. The molecular formula is C27H25F6N3O2. The normalized spacial score (nSPS) is 14.9. The molecule has 202 valence electrons. The van der Waals surface area contributed by atoms with Crippen molar-refractivity contribution in [3.8, 4) is 22.5 Å². The number of carbonyl (C=O) groups excluding carboxylic acids is 1. The van der Waals surface area contributed by atoms with Gasteiger partial charge >= 0.3 is 18.4 Å². The van der Waals surface area contributed by atoms with Crippen LogP contribution in [0.15, 0.2) is 54.6 Å². The lowest BCUT2D eigenvalue weighted by Crippen LogP contribution is -2.39. The topological polar surface area (TPSA) is 58.2 Å². The van der Waals surface area contributed by atoms with E-state index >= 15 is 0 Å². The Morgan fingerprint density at radius 3 is 1.84 bits per heavy atom. The van der Waals surface area contributed by atoms with E-state index in [9.17, 15) is 31.1 Å². The van der Waals surface area contributed by atoms with Crippen LogP contribution >= 0.6 is 0 Å². The Morgan fingerprint density at radius 1 is 0.868 bits per heavy atom. The number of ether oxygens (including phenoxy) is 1. The highest BCUT2D eigenvalue weighted by Gasteiger charge is 2.32. The summed E-state index contributed by atoms with van der Waals surface area (Å²) >= 11 is 0. The third-order valence-electron chi connectivity index (χ3n) is 5.86. The second kappa shape index (κ2) is 9.85. The van der Waals surface area contributed by atoms with Crippen LogP contribution in [-0.4, -0.2) is 39.7 Å². The Hall–Kier alpha value is -3.76. The number of hydrogen-bond acceptors (Lipinski definition) is 3. The number of imidazole rings is 1. The van der Waals surface area contributed by atoms with Crippen molar-refractivity contribution in [2.75, 3.05) is 13.1 Å². The number of aromatic amines is 1. The number of benzene rings is 2. The van der Waals surface area contributed by atoms with E-state index in [1.54, 1.807) is 26.8 Å². The molecule has 0 saturated heterocycles. The van der Waals surface area contributed by atoms with Gasteiger partial charge in [0.2, 0.25) is 0 Å². The van der Waals surface area contributed by atoms with Crippen LogP contribution in [0, 0.1) is 0 Å². The van der Waals surface area contributed by atoms with Crippen molar-refractivity contribution >= 4 is 11.7 Å². The molecule has 2 heterocycles. The molecule has 0 bridgehead atoms. The average Bonchev–Trinajstić information content (AvgIpc) is 3.28. The summed E-state index contributed by atoms with van der Waals surface area (Å²) in [5.74, 6) is 0.415. The molecule has 0 radical (unpaired) electrons. The molecule has 0 unspecified atom stereocenters. The molecule has 2 aromatic carbocycles. The van der Waals surface area contributed by atoms with Crippen molar-refractivity contribution in [3.63, 3.8) is 0 Å². The van der Waals surface area contributed by atoms with Crippen LogP contribution in [0.25, 0.3) is 28.1 Å². The van der Waals surface area contributed by atoms with Crippen molar-refractivity contribution < 1.29 is 35.9 Å².